The number of rotatable bonds is 5. The lowest BCUT2D eigenvalue weighted by molar-refractivity contribution is 0.436. The van der Waals surface area contributed by atoms with Crippen LogP contribution in [0.4, 0.5) is 0 Å². The van der Waals surface area contributed by atoms with Crippen molar-refractivity contribution < 1.29 is 0 Å². The summed E-state index contributed by atoms with van der Waals surface area (Å²) in [6, 6.07) is 0. The molecule has 7 nitrogen and oxygen atoms in total. The van der Waals surface area contributed by atoms with Gasteiger partial charge in [-0.15, -0.1) is 20.4 Å². The van der Waals surface area contributed by atoms with Gasteiger partial charge in [-0.3, -0.25) is 0 Å². The predicted octanol–water partition coefficient (Wildman–Crippen LogP) is 1.19. The fourth-order valence-corrected chi connectivity index (χ4v) is 3.53. The molecule has 3 heterocycles. The van der Waals surface area contributed by atoms with Crippen LogP contribution < -0.4 is 5.32 Å². The van der Waals surface area contributed by atoms with Crippen molar-refractivity contribution in [1.82, 2.24) is 34.8 Å². The quantitative estimate of drug-likeness (QED) is 0.836. The zero-order chi connectivity index (χ0) is 14.7. The van der Waals surface area contributed by atoms with E-state index in [9.17, 15) is 0 Å². The van der Waals surface area contributed by atoms with Crippen molar-refractivity contribution >= 4 is 11.8 Å². The summed E-state index contributed by atoms with van der Waals surface area (Å²) in [5, 5.41) is 21.2. The van der Waals surface area contributed by atoms with Gasteiger partial charge in [-0.2, -0.15) is 0 Å². The molecule has 114 valence electrons. The van der Waals surface area contributed by atoms with Crippen molar-refractivity contribution in [2.45, 2.75) is 43.1 Å². The minimum atomic E-state index is 0.477. The zero-order valence-corrected chi connectivity index (χ0v) is 13.3. The number of nitrogens with zero attached hydrogens (tertiary/aromatic N) is 6. The van der Waals surface area contributed by atoms with E-state index in [0.29, 0.717) is 5.92 Å². The van der Waals surface area contributed by atoms with E-state index in [1.807, 2.05) is 0 Å². The molecule has 1 aliphatic heterocycles. The van der Waals surface area contributed by atoms with Crippen LogP contribution in [-0.2, 0) is 19.3 Å². The maximum absolute atomic E-state index is 4.39. The van der Waals surface area contributed by atoms with E-state index >= 15 is 0 Å². The first kappa shape index (κ1) is 14.5. The Kier molecular flexibility index (Phi) is 4.54. The van der Waals surface area contributed by atoms with Gasteiger partial charge in [0.05, 0.1) is 5.75 Å². The normalized spacial score (nSPS) is 19.0. The SMILES string of the molecule is CCn1cnnc1CSc1nnc([C@H]2CCCNC2)n1C. The fraction of sp³-hybridized carbons (Fsp3) is 0.692. The first-order valence-electron chi connectivity index (χ1n) is 7.39. The van der Waals surface area contributed by atoms with E-state index < -0.39 is 0 Å². The Hall–Kier alpha value is -1.41. The van der Waals surface area contributed by atoms with Crippen LogP contribution in [0.2, 0.25) is 0 Å². The third kappa shape index (κ3) is 3.11. The number of aromatic nitrogens is 6. The van der Waals surface area contributed by atoms with Gasteiger partial charge in [0.2, 0.25) is 0 Å². The lowest BCUT2D eigenvalue weighted by atomic mass is 9.99. The van der Waals surface area contributed by atoms with Gasteiger partial charge < -0.3 is 14.5 Å². The van der Waals surface area contributed by atoms with Crippen molar-refractivity contribution in [2.75, 3.05) is 13.1 Å². The summed E-state index contributed by atoms with van der Waals surface area (Å²) >= 11 is 1.66. The topological polar surface area (TPSA) is 73.4 Å². The predicted molar refractivity (Wildman–Crippen MR) is 81.1 cm³/mol. The van der Waals surface area contributed by atoms with Crippen LogP contribution in [0.5, 0.6) is 0 Å². The second-order valence-electron chi connectivity index (χ2n) is 5.26. The van der Waals surface area contributed by atoms with Crippen LogP contribution in [0.1, 0.15) is 37.3 Å². The van der Waals surface area contributed by atoms with Gasteiger partial charge in [0.25, 0.3) is 0 Å². The molecule has 21 heavy (non-hydrogen) atoms. The van der Waals surface area contributed by atoms with E-state index in [2.05, 4.69) is 48.8 Å². The molecule has 0 amide bonds. The van der Waals surface area contributed by atoms with E-state index in [4.69, 9.17) is 0 Å². The van der Waals surface area contributed by atoms with Gasteiger partial charge >= 0.3 is 0 Å². The molecule has 3 rings (SSSR count). The highest BCUT2D eigenvalue weighted by atomic mass is 32.2. The van der Waals surface area contributed by atoms with Crippen molar-refractivity contribution in [2.24, 2.45) is 7.05 Å². The van der Waals surface area contributed by atoms with Gasteiger partial charge in [-0.25, -0.2) is 0 Å². The molecule has 1 aliphatic rings. The zero-order valence-electron chi connectivity index (χ0n) is 12.5. The standard InChI is InChI=1S/C13H21N7S/c1-3-20-9-15-16-11(20)8-21-13-18-17-12(19(13)2)10-5-4-6-14-7-10/h9-10,14H,3-8H2,1-2H3/t10-/m0/s1. The molecule has 0 radical (unpaired) electrons. The third-order valence-corrected chi connectivity index (χ3v) is 4.91. The summed E-state index contributed by atoms with van der Waals surface area (Å²) in [6.07, 6.45) is 4.17. The summed E-state index contributed by atoms with van der Waals surface area (Å²) in [5.74, 6) is 3.31. The van der Waals surface area contributed by atoms with Gasteiger partial charge in [-0.05, 0) is 26.3 Å². The van der Waals surface area contributed by atoms with E-state index in [0.717, 1.165) is 42.2 Å². The Morgan fingerprint density at radius 2 is 2.29 bits per heavy atom. The molecule has 1 saturated heterocycles. The summed E-state index contributed by atoms with van der Waals surface area (Å²) in [4.78, 5) is 0. The largest absolute Gasteiger partial charge is 0.317 e. The van der Waals surface area contributed by atoms with Crippen molar-refractivity contribution in [3.8, 4) is 0 Å². The maximum atomic E-state index is 4.39. The maximum Gasteiger partial charge on any atom is 0.191 e. The van der Waals surface area contributed by atoms with Gasteiger partial charge in [0, 0.05) is 26.1 Å². The van der Waals surface area contributed by atoms with Crippen LogP contribution >= 0.6 is 11.8 Å². The summed E-state index contributed by atoms with van der Waals surface area (Å²) in [5.41, 5.74) is 0. The number of nitrogens with one attached hydrogen (secondary N) is 1. The summed E-state index contributed by atoms with van der Waals surface area (Å²) < 4.78 is 4.17. The Bertz CT molecular complexity index is 585. The molecule has 0 aromatic carbocycles. The Labute approximate surface area is 128 Å². The molecule has 2 aromatic heterocycles. The van der Waals surface area contributed by atoms with Crippen molar-refractivity contribution in [3.63, 3.8) is 0 Å². The van der Waals surface area contributed by atoms with Gasteiger partial charge in [-0.1, -0.05) is 11.8 Å². The first-order valence-corrected chi connectivity index (χ1v) is 8.37. The summed E-state index contributed by atoms with van der Waals surface area (Å²) in [6.45, 7) is 5.10. The lowest BCUT2D eigenvalue weighted by Crippen LogP contribution is -2.29. The number of thioether (sulfide) groups is 1. The van der Waals surface area contributed by atoms with Crippen LogP contribution in [0.25, 0.3) is 0 Å². The van der Waals surface area contributed by atoms with Crippen LogP contribution in [0.3, 0.4) is 0 Å². The minimum Gasteiger partial charge on any atom is -0.317 e. The fourth-order valence-electron chi connectivity index (χ4n) is 2.66. The second kappa shape index (κ2) is 6.57. The molecular weight excluding hydrogens is 286 g/mol. The molecular formula is C13H21N7S. The molecule has 0 aliphatic carbocycles. The third-order valence-electron chi connectivity index (χ3n) is 3.90. The summed E-state index contributed by atoms with van der Waals surface area (Å²) in [7, 11) is 2.05. The number of hydrogen-bond donors (Lipinski definition) is 1. The average Bonchev–Trinajstić information content (AvgIpc) is 3.12. The minimum absolute atomic E-state index is 0.477. The molecule has 0 saturated carbocycles. The highest BCUT2D eigenvalue weighted by Gasteiger charge is 2.21. The van der Waals surface area contributed by atoms with E-state index in [1.54, 1.807) is 18.1 Å². The molecule has 1 N–H and O–H groups in total. The molecule has 1 fully saturated rings. The van der Waals surface area contributed by atoms with Crippen molar-refractivity contribution in [3.05, 3.63) is 18.0 Å². The highest BCUT2D eigenvalue weighted by Crippen LogP contribution is 2.26. The molecule has 0 unspecified atom stereocenters. The second-order valence-corrected chi connectivity index (χ2v) is 6.21. The van der Waals surface area contributed by atoms with Crippen LogP contribution in [0.15, 0.2) is 11.5 Å². The van der Waals surface area contributed by atoms with Crippen molar-refractivity contribution in [1.29, 1.82) is 0 Å². The number of aryl methyl sites for hydroxylation is 1. The highest BCUT2D eigenvalue weighted by molar-refractivity contribution is 7.98. The van der Waals surface area contributed by atoms with Gasteiger partial charge in [0.1, 0.15) is 18.0 Å². The first-order chi connectivity index (χ1) is 10.3. The molecule has 1 atom stereocenters. The molecule has 0 spiro atoms. The van der Waals surface area contributed by atoms with Gasteiger partial charge in [0.15, 0.2) is 5.16 Å². The number of piperidine rings is 1. The van der Waals surface area contributed by atoms with Crippen LogP contribution in [0, 0.1) is 0 Å². The smallest absolute Gasteiger partial charge is 0.191 e. The Morgan fingerprint density at radius 3 is 3.05 bits per heavy atom. The average molecular weight is 307 g/mol. The van der Waals surface area contributed by atoms with E-state index in [-0.39, 0.29) is 0 Å². The van der Waals surface area contributed by atoms with Crippen LogP contribution in [-0.4, -0.2) is 42.6 Å². The van der Waals surface area contributed by atoms with E-state index in [1.165, 1.54) is 12.8 Å². The Morgan fingerprint density at radius 1 is 1.38 bits per heavy atom. The number of hydrogen-bond acceptors (Lipinski definition) is 6. The lowest BCUT2D eigenvalue weighted by Gasteiger charge is -2.21. The molecule has 8 heteroatoms. The Balaban J connectivity index is 1.67. The molecule has 2 aromatic rings. The molecule has 0 bridgehead atoms. The monoisotopic (exact) mass is 307 g/mol.